The van der Waals surface area contributed by atoms with Crippen LogP contribution in [0.4, 0.5) is 0 Å². The van der Waals surface area contributed by atoms with Crippen molar-refractivity contribution in [3.8, 4) is 11.4 Å². The maximum atomic E-state index is 4.67. The zero-order chi connectivity index (χ0) is 11.1. The summed E-state index contributed by atoms with van der Waals surface area (Å²) in [6.07, 6.45) is 0. The van der Waals surface area contributed by atoms with Gasteiger partial charge in [0.25, 0.3) is 0 Å². The highest BCUT2D eigenvalue weighted by molar-refractivity contribution is 7.08. The van der Waals surface area contributed by atoms with Crippen molar-refractivity contribution in [1.29, 1.82) is 0 Å². The van der Waals surface area contributed by atoms with Gasteiger partial charge in [0.15, 0.2) is 0 Å². The fourth-order valence-electron chi connectivity index (χ4n) is 1.85. The number of nitrogens with zero attached hydrogens (tertiary/aromatic N) is 1. The van der Waals surface area contributed by atoms with Gasteiger partial charge in [0, 0.05) is 10.9 Å². The summed E-state index contributed by atoms with van der Waals surface area (Å²) in [5, 5.41) is 4.18. The Kier molecular flexibility index (Phi) is 2.07. The molecule has 2 nitrogen and oxygen atoms in total. The van der Waals surface area contributed by atoms with E-state index in [4.69, 9.17) is 0 Å². The Morgan fingerprint density at radius 1 is 1.19 bits per heavy atom. The van der Waals surface area contributed by atoms with Gasteiger partial charge in [-0.3, -0.25) is 0 Å². The minimum absolute atomic E-state index is 0.963. The van der Waals surface area contributed by atoms with Crippen LogP contribution in [0.5, 0.6) is 0 Å². The molecule has 0 aliphatic carbocycles. The Labute approximate surface area is 98.0 Å². The van der Waals surface area contributed by atoms with Crippen LogP contribution in [-0.2, 0) is 0 Å². The highest BCUT2D eigenvalue weighted by Crippen LogP contribution is 2.25. The molecule has 0 bridgehead atoms. The first-order valence-corrected chi connectivity index (χ1v) is 6.18. The number of benzene rings is 1. The van der Waals surface area contributed by atoms with Crippen molar-refractivity contribution in [3.05, 3.63) is 40.1 Å². The molecule has 3 heteroatoms. The highest BCUT2D eigenvalue weighted by atomic mass is 32.1. The topological polar surface area (TPSA) is 28.7 Å². The number of thiophene rings is 1. The van der Waals surface area contributed by atoms with E-state index in [1.165, 1.54) is 16.7 Å². The van der Waals surface area contributed by atoms with E-state index in [2.05, 4.69) is 52.8 Å². The predicted octanol–water partition coefficient (Wildman–Crippen LogP) is 3.91. The van der Waals surface area contributed by atoms with E-state index in [-0.39, 0.29) is 0 Å². The lowest BCUT2D eigenvalue weighted by molar-refractivity contribution is 1.32. The quantitative estimate of drug-likeness (QED) is 0.672. The molecule has 0 amide bonds. The molecule has 3 rings (SSSR count). The van der Waals surface area contributed by atoms with Crippen LogP contribution in [-0.4, -0.2) is 9.97 Å². The van der Waals surface area contributed by atoms with E-state index in [0.29, 0.717) is 0 Å². The van der Waals surface area contributed by atoms with Crippen LogP contribution in [0.25, 0.3) is 22.4 Å². The van der Waals surface area contributed by atoms with E-state index < -0.39 is 0 Å². The molecule has 0 aliphatic rings. The van der Waals surface area contributed by atoms with Gasteiger partial charge in [0.2, 0.25) is 0 Å². The lowest BCUT2D eigenvalue weighted by atomic mass is 10.1. The Balaban J connectivity index is 2.28. The molecule has 1 aromatic carbocycles. The largest absolute Gasteiger partial charge is 0.338 e. The molecule has 0 fully saturated rings. The average molecular weight is 228 g/mol. The third-order valence-corrected chi connectivity index (χ3v) is 3.66. The average Bonchev–Trinajstić information content (AvgIpc) is 2.91. The summed E-state index contributed by atoms with van der Waals surface area (Å²) >= 11 is 1.69. The molecule has 0 saturated heterocycles. The van der Waals surface area contributed by atoms with Crippen LogP contribution in [0.3, 0.4) is 0 Å². The molecule has 0 saturated carbocycles. The highest BCUT2D eigenvalue weighted by Gasteiger charge is 2.08. The van der Waals surface area contributed by atoms with Crippen LogP contribution in [0.15, 0.2) is 29.0 Å². The van der Waals surface area contributed by atoms with Crippen molar-refractivity contribution in [3.63, 3.8) is 0 Å². The number of hydrogen-bond acceptors (Lipinski definition) is 2. The van der Waals surface area contributed by atoms with Crippen molar-refractivity contribution in [2.45, 2.75) is 13.8 Å². The van der Waals surface area contributed by atoms with Gasteiger partial charge in [-0.15, -0.1) is 0 Å². The van der Waals surface area contributed by atoms with Crippen molar-refractivity contribution < 1.29 is 0 Å². The first kappa shape index (κ1) is 9.60. The first-order chi connectivity index (χ1) is 7.75. The van der Waals surface area contributed by atoms with Gasteiger partial charge in [-0.25, -0.2) is 4.98 Å². The number of nitrogens with one attached hydrogen (secondary N) is 1. The van der Waals surface area contributed by atoms with Gasteiger partial charge in [0.1, 0.15) is 5.82 Å². The first-order valence-electron chi connectivity index (χ1n) is 5.24. The molecular weight excluding hydrogens is 216 g/mol. The number of aromatic amines is 1. The second-order valence-corrected chi connectivity index (χ2v) is 4.78. The molecule has 2 aromatic heterocycles. The molecule has 3 aromatic rings. The molecule has 0 aliphatic heterocycles. The van der Waals surface area contributed by atoms with Gasteiger partial charge in [-0.05, 0) is 42.5 Å². The molecule has 0 atom stereocenters. The maximum absolute atomic E-state index is 4.67. The van der Waals surface area contributed by atoms with E-state index in [1.54, 1.807) is 11.3 Å². The number of H-pyrrole nitrogens is 1. The summed E-state index contributed by atoms with van der Waals surface area (Å²) in [7, 11) is 0. The molecule has 0 radical (unpaired) electrons. The van der Waals surface area contributed by atoms with Gasteiger partial charge in [0.05, 0.1) is 11.0 Å². The van der Waals surface area contributed by atoms with Crippen LogP contribution < -0.4 is 0 Å². The molecule has 2 heterocycles. The van der Waals surface area contributed by atoms with Crippen molar-refractivity contribution in [1.82, 2.24) is 9.97 Å². The van der Waals surface area contributed by atoms with E-state index >= 15 is 0 Å². The number of rotatable bonds is 1. The summed E-state index contributed by atoms with van der Waals surface area (Å²) in [5.74, 6) is 0.963. The van der Waals surface area contributed by atoms with Gasteiger partial charge < -0.3 is 4.98 Å². The van der Waals surface area contributed by atoms with E-state index in [1.807, 2.05) is 0 Å². The van der Waals surface area contributed by atoms with Gasteiger partial charge in [-0.2, -0.15) is 11.3 Å². The zero-order valence-electron chi connectivity index (χ0n) is 9.24. The number of fused-ring (bicyclic) bond motifs is 1. The van der Waals surface area contributed by atoms with Crippen molar-refractivity contribution in [2.24, 2.45) is 0 Å². The van der Waals surface area contributed by atoms with Crippen LogP contribution in [0.1, 0.15) is 11.1 Å². The summed E-state index contributed by atoms with van der Waals surface area (Å²) in [6.45, 7) is 4.24. The number of aryl methyl sites for hydroxylation is 2. The monoisotopic (exact) mass is 228 g/mol. The third-order valence-electron chi connectivity index (χ3n) is 2.97. The molecule has 16 heavy (non-hydrogen) atoms. The lowest BCUT2D eigenvalue weighted by Crippen LogP contribution is -1.81. The van der Waals surface area contributed by atoms with E-state index in [9.17, 15) is 0 Å². The minimum atomic E-state index is 0.963. The maximum Gasteiger partial charge on any atom is 0.139 e. The van der Waals surface area contributed by atoms with Crippen LogP contribution in [0.2, 0.25) is 0 Å². The second kappa shape index (κ2) is 3.46. The Morgan fingerprint density at radius 2 is 2.06 bits per heavy atom. The second-order valence-electron chi connectivity index (χ2n) is 4.00. The third kappa shape index (κ3) is 1.36. The Hall–Kier alpha value is -1.61. The summed E-state index contributed by atoms with van der Waals surface area (Å²) < 4.78 is 0. The standard InChI is InChI=1S/C13H12N2S/c1-8-3-4-11-12(9(8)2)15-13(14-11)10-5-6-16-7-10/h3-7H,1-2H3,(H,14,15). The molecule has 0 spiro atoms. The molecule has 0 unspecified atom stereocenters. The van der Waals surface area contributed by atoms with Gasteiger partial charge >= 0.3 is 0 Å². The Bertz CT molecular complexity index is 635. The molecule has 80 valence electrons. The van der Waals surface area contributed by atoms with Crippen molar-refractivity contribution in [2.75, 3.05) is 0 Å². The fourth-order valence-corrected chi connectivity index (χ4v) is 2.49. The van der Waals surface area contributed by atoms with Crippen molar-refractivity contribution >= 4 is 22.4 Å². The van der Waals surface area contributed by atoms with Crippen LogP contribution in [0, 0.1) is 13.8 Å². The van der Waals surface area contributed by atoms with Crippen LogP contribution >= 0.6 is 11.3 Å². The lowest BCUT2D eigenvalue weighted by Gasteiger charge is -1.98. The predicted molar refractivity (Wildman–Crippen MR) is 68.9 cm³/mol. The normalized spacial score (nSPS) is 11.1. The Morgan fingerprint density at radius 3 is 2.81 bits per heavy atom. The minimum Gasteiger partial charge on any atom is -0.338 e. The summed E-state index contributed by atoms with van der Waals surface area (Å²) in [4.78, 5) is 8.03. The smallest absolute Gasteiger partial charge is 0.139 e. The summed E-state index contributed by atoms with van der Waals surface area (Å²) in [6, 6.07) is 6.32. The fraction of sp³-hybridized carbons (Fsp3) is 0.154. The van der Waals surface area contributed by atoms with Gasteiger partial charge in [-0.1, -0.05) is 6.07 Å². The molecular formula is C13H12N2S. The number of imidazole rings is 1. The molecule has 1 N–H and O–H groups in total. The SMILES string of the molecule is Cc1ccc2[nH]c(-c3ccsc3)nc2c1C. The number of hydrogen-bond donors (Lipinski definition) is 1. The zero-order valence-corrected chi connectivity index (χ0v) is 10.1. The number of aromatic nitrogens is 2. The van der Waals surface area contributed by atoms with E-state index in [0.717, 1.165) is 16.9 Å². The summed E-state index contributed by atoms with van der Waals surface area (Å²) in [5.41, 5.74) is 5.91.